The molecule has 2 heterocycles. The van der Waals surface area contributed by atoms with Crippen LogP contribution in [0, 0.1) is 6.92 Å². The van der Waals surface area contributed by atoms with E-state index in [1.807, 2.05) is 56.3 Å². The van der Waals surface area contributed by atoms with Crippen LogP contribution in [-0.2, 0) is 11.2 Å². The highest BCUT2D eigenvalue weighted by Gasteiger charge is 2.18. The Kier molecular flexibility index (Phi) is 5.02. The molecule has 1 aromatic heterocycles. The van der Waals surface area contributed by atoms with E-state index in [2.05, 4.69) is 17.1 Å². The standard InChI is InChI=1S/C24H22N2O2/c1-3-28-22-7-4-17(5-8-22)18-6-9-23-20(13-18)14-21(27)15-24(26-23)19-10-11-25-16(2)12-19/h4-13H,3,14-15H2,1-2H3. The molecule has 3 aromatic rings. The monoisotopic (exact) mass is 370 g/mol. The number of ketones is 1. The van der Waals surface area contributed by atoms with Gasteiger partial charge in [0, 0.05) is 24.7 Å². The van der Waals surface area contributed by atoms with Crippen molar-refractivity contribution in [2.45, 2.75) is 26.7 Å². The molecule has 0 N–H and O–H groups in total. The quantitative estimate of drug-likeness (QED) is 0.643. The van der Waals surface area contributed by atoms with E-state index in [4.69, 9.17) is 9.73 Å². The molecule has 4 rings (SSSR count). The lowest BCUT2D eigenvalue weighted by atomic mass is 9.98. The molecular formula is C24H22N2O2. The van der Waals surface area contributed by atoms with Crippen LogP contribution in [0.25, 0.3) is 11.1 Å². The highest BCUT2D eigenvalue weighted by Crippen LogP contribution is 2.31. The summed E-state index contributed by atoms with van der Waals surface area (Å²) in [5.41, 5.74) is 6.70. The van der Waals surface area contributed by atoms with E-state index in [1.54, 1.807) is 6.20 Å². The fourth-order valence-electron chi connectivity index (χ4n) is 3.46. The van der Waals surface area contributed by atoms with Crippen LogP contribution in [0.15, 0.2) is 65.8 Å². The van der Waals surface area contributed by atoms with E-state index in [0.717, 1.165) is 45.1 Å². The summed E-state index contributed by atoms with van der Waals surface area (Å²) in [6, 6.07) is 18.1. The van der Waals surface area contributed by atoms with Gasteiger partial charge in [-0.05, 0) is 72.5 Å². The summed E-state index contributed by atoms with van der Waals surface area (Å²) in [4.78, 5) is 21.6. The zero-order valence-corrected chi connectivity index (χ0v) is 16.1. The number of carbonyl (C=O) groups excluding carboxylic acids is 1. The van der Waals surface area contributed by atoms with Gasteiger partial charge in [0.2, 0.25) is 0 Å². The van der Waals surface area contributed by atoms with Crippen molar-refractivity contribution in [3.05, 3.63) is 77.6 Å². The number of aryl methyl sites for hydroxylation is 1. The number of ether oxygens (including phenoxy) is 1. The Bertz CT molecular complexity index is 1050. The second kappa shape index (κ2) is 7.77. The third kappa shape index (κ3) is 3.86. The molecule has 0 unspecified atom stereocenters. The molecule has 140 valence electrons. The lowest BCUT2D eigenvalue weighted by Crippen LogP contribution is -2.09. The number of carbonyl (C=O) groups is 1. The van der Waals surface area contributed by atoms with Crippen molar-refractivity contribution in [2.24, 2.45) is 4.99 Å². The maximum atomic E-state index is 12.6. The molecule has 0 amide bonds. The van der Waals surface area contributed by atoms with Gasteiger partial charge in [-0.2, -0.15) is 0 Å². The fourth-order valence-corrected chi connectivity index (χ4v) is 3.46. The Morgan fingerprint density at radius 3 is 2.46 bits per heavy atom. The van der Waals surface area contributed by atoms with E-state index < -0.39 is 0 Å². The van der Waals surface area contributed by atoms with Gasteiger partial charge in [-0.25, -0.2) is 0 Å². The summed E-state index contributed by atoms with van der Waals surface area (Å²) in [7, 11) is 0. The van der Waals surface area contributed by atoms with Crippen LogP contribution in [0.4, 0.5) is 5.69 Å². The van der Waals surface area contributed by atoms with Gasteiger partial charge in [0.15, 0.2) is 0 Å². The van der Waals surface area contributed by atoms with E-state index in [0.29, 0.717) is 19.4 Å². The molecule has 0 saturated heterocycles. The van der Waals surface area contributed by atoms with Crippen LogP contribution in [0.5, 0.6) is 5.75 Å². The van der Waals surface area contributed by atoms with Crippen LogP contribution in [-0.4, -0.2) is 23.1 Å². The van der Waals surface area contributed by atoms with Crippen LogP contribution >= 0.6 is 0 Å². The van der Waals surface area contributed by atoms with Crippen LogP contribution in [0.2, 0.25) is 0 Å². The molecule has 1 aliphatic rings. The predicted octanol–water partition coefficient (Wildman–Crippen LogP) is 5.09. The largest absolute Gasteiger partial charge is 0.494 e. The number of aliphatic imine (C=N–C) groups is 1. The van der Waals surface area contributed by atoms with Gasteiger partial charge in [-0.1, -0.05) is 18.2 Å². The Labute approximate surface area is 164 Å². The van der Waals surface area contributed by atoms with Gasteiger partial charge in [0.05, 0.1) is 18.0 Å². The predicted molar refractivity (Wildman–Crippen MR) is 112 cm³/mol. The highest BCUT2D eigenvalue weighted by atomic mass is 16.5. The van der Waals surface area contributed by atoms with E-state index in [-0.39, 0.29) is 5.78 Å². The topological polar surface area (TPSA) is 51.5 Å². The molecule has 2 aromatic carbocycles. The summed E-state index contributed by atoms with van der Waals surface area (Å²) < 4.78 is 5.51. The first-order valence-corrected chi connectivity index (χ1v) is 9.51. The van der Waals surface area contributed by atoms with Gasteiger partial charge in [-0.15, -0.1) is 0 Å². The number of fused-ring (bicyclic) bond motifs is 1. The maximum Gasteiger partial charge on any atom is 0.143 e. The number of hydrogen-bond acceptors (Lipinski definition) is 4. The molecule has 0 aliphatic carbocycles. The lowest BCUT2D eigenvalue weighted by molar-refractivity contribution is -0.117. The van der Waals surface area contributed by atoms with Gasteiger partial charge >= 0.3 is 0 Å². The van der Waals surface area contributed by atoms with Crippen LogP contribution in [0.1, 0.15) is 30.2 Å². The van der Waals surface area contributed by atoms with Gasteiger partial charge in [0.1, 0.15) is 11.5 Å². The number of hydrogen-bond donors (Lipinski definition) is 0. The lowest BCUT2D eigenvalue weighted by Gasteiger charge is -2.08. The molecule has 4 nitrogen and oxygen atoms in total. The summed E-state index contributed by atoms with van der Waals surface area (Å²) in [6.07, 6.45) is 2.51. The van der Waals surface area contributed by atoms with Gasteiger partial charge in [-0.3, -0.25) is 14.8 Å². The third-order valence-electron chi connectivity index (χ3n) is 4.82. The molecule has 0 radical (unpaired) electrons. The number of rotatable bonds is 4. The van der Waals surface area contributed by atoms with Crippen LogP contribution in [0.3, 0.4) is 0 Å². The molecule has 0 spiro atoms. The Balaban J connectivity index is 1.70. The number of pyridine rings is 1. The van der Waals surface area contributed by atoms with E-state index in [1.165, 1.54) is 0 Å². The smallest absolute Gasteiger partial charge is 0.143 e. The summed E-state index contributed by atoms with van der Waals surface area (Å²) >= 11 is 0. The second-order valence-corrected chi connectivity index (χ2v) is 6.94. The number of aromatic nitrogens is 1. The molecule has 0 saturated carbocycles. The minimum absolute atomic E-state index is 0.177. The third-order valence-corrected chi connectivity index (χ3v) is 4.82. The Morgan fingerprint density at radius 1 is 0.929 bits per heavy atom. The minimum Gasteiger partial charge on any atom is -0.494 e. The van der Waals surface area contributed by atoms with Gasteiger partial charge < -0.3 is 4.74 Å². The molecule has 28 heavy (non-hydrogen) atoms. The van der Waals surface area contributed by atoms with Crippen molar-refractivity contribution in [1.29, 1.82) is 0 Å². The normalized spacial score (nSPS) is 13.5. The minimum atomic E-state index is 0.177. The van der Waals surface area contributed by atoms with Crippen molar-refractivity contribution in [2.75, 3.05) is 6.61 Å². The summed E-state index contributed by atoms with van der Waals surface area (Å²) in [5, 5.41) is 0. The van der Waals surface area contributed by atoms with Crippen molar-refractivity contribution < 1.29 is 9.53 Å². The summed E-state index contributed by atoms with van der Waals surface area (Å²) in [5.74, 6) is 1.04. The van der Waals surface area contributed by atoms with Crippen LogP contribution < -0.4 is 4.74 Å². The second-order valence-electron chi connectivity index (χ2n) is 6.94. The van der Waals surface area contributed by atoms with E-state index in [9.17, 15) is 4.79 Å². The molecule has 1 aliphatic heterocycles. The average Bonchev–Trinajstić information content (AvgIpc) is 2.86. The van der Waals surface area contributed by atoms with Gasteiger partial charge in [0.25, 0.3) is 0 Å². The highest BCUT2D eigenvalue weighted by molar-refractivity contribution is 6.13. The maximum absolute atomic E-state index is 12.6. The zero-order chi connectivity index (χ0) is 19.5. The molecule has 0 atom stereocenters. The number of Topliss-reactive ketones (excluding diaryl/α,β-unsaturated/α-hetero) is 1. The molecule has 0 fully saturated rings. The fraction of sp³-hybridized carbons (Fsp3) is 0.208. The van der Waals surface area contributed by atoms with Crippen molar-refractivity contribution in [3.63, 3.8) is 0 Å². The van der Waals surface area contributed by atoms with Crippen molar-refractivity contribution >= 4 is 17.2 Å². The zero-order valence-electron chi connectivity index (χ0n) is 16.1. The molecular weight excluding hydrogens is 348 g/mol. The first-order valence-electron chi connectivity index (χ1n) is 9.51. The number of benzene rings is 2. The molecule has 4 heteroatoms. The van der Waals surface area contributed by atoms with Crippen molar-refractivity contribution in [1.82, 2.24) is 4.98 Å². The SMILES string of the molecule is CCOc1ccc(-c2ccc3c(c2)CC(=O)CC(c2ccnc(C)c2)=N3)cc1. The first-order chi connectivity index (χ1) is 13.6. The first kappa shape index (κ1) is 18.1. The number of nitrogens with zero attached hydrogens (tertiary/aromatic N) is 2. The summed E-state index contributed by atoms with van der Waals surface area (Å²) in [6.45, 7) is 4.57. The Morgan fingerprint density at radius 2 is 1.71 bits per heavy atom. The molecule has 0 bridgehead atoms. The van der Waals surface area contributed by atoms with E-state index >= 15 is 0 Å². The van der Waals surface area contributed by atoms with Crippen molar-refractivity contribution in [3.8, 4) is 16.9 Å². The Hall–Kier alpha value is -3.27. The average molecular weight is 370 g/mol.